The minimum Gasteiger partial charge on any atom is -0.435 e. The second-order valence-corrected chi connectivity index (χ2v) is 5.54. The van der Waals surface area contributed by atoms with Gasteiger partial charge in [-0.15, -0.1) is 0 Å². The van der Waals surface area contributed by atoms with Gasteiger partial charge in [0.2, 0.25) is 0 Å². The van der Waals surface area contributed by atoms with Gasteiger partial charge in [-0.1, -0.05) is 26.0 Å². The van der Waals surface area contributed by atoms with Gasteiger partial charge in [-0.3, -0.25) is 4.99 Å². The normalized spacial score (nSPS) is 11.9. The van der Waals surface area contributed by atoms with E-state index in [-0.39, 0.29) is 5.75 Å². The highest BCUT2D eigenvalue weighted by atomic mass is 19.3. The number of guanidine groups is 1. The lowest BCUT2D eigenvalue weighted by Gasteiger charge is -2.22. The molecular formula is C16H25F2N3O. The van der Waals surface area contributed by atoms with Crippen molar-refractivity contribution in [1.29, 1.82) is 0 Å². The Labute approximate surface area is 131 Å². The van der Waals surface area contributed by atoms with E-state index in [1.165, 1.54) is 0 Å². The zero-order valence-corrected chi connectivity index (χ0v) is 13.6. The Kier molecular flexibility index (Phi) is 7.63. The van der Waals surface area contributed by atoms with E-state index in [0.717, 1.165) is 24.5 Å². The molecule has 1 aromatic carbocycles. The minimum atomic E-state index is -2.79. The fourth-order valence-electron chi connectivity index (χ4n) is 1.98. The van der Waals surface area contributed by atoms with Crippen molar-refractivity contribution in [3.63, 3.8) is 0 Å². The molecule has 0 unspecified atom stereocenters. The molecule has 0 fully saturated rings. The molecule has 0 atom stereocenters. The van der Waals surface area contributed by atoms with E-state index in [2.05, 4.69) is 28.9 Å². The predicted molar refractivity (Wildman–Crippen MR) is 85.4 cm³/mol. The number of rotatable bonds is 7. The Morgan fingerprint density at radius 2 is 1.91 bits per heavy atom. The third-order valence-electron chi connectivity index (χ3n) is 3.15. The van der Waals surface area contributed by atoms with Crippen LogP contribution in [0.3, 0.4) is 0 Å². The Balaban J connectivity index is 2.53. The maximum absolute atomic E-state index is 12.1. The first-order valence-corrected chi connectivity index (χ1v) is 7.38. The number of alkyl halides is 2. The van der Waals surface area contributed by atoms with Crippen LogP contribution in [0, 0.1) is 5.92 Å². The quantitative estimate of drug-likeness (QED) is 0.619. The van der Waals surface area contributed by atoms with Crippen molar-refractivity contribution in [1.82, 2.24) is 10.2 Å². The summed E-state index contributed by atoms with van der Waals surface area (Å²) < 4.78 is 28.5. The number of nitrogens with zero attached hydrogens (tertiary/aromatic N) is 2. The molecule has 0 aromatic heterocycles. The van der Waals surface area contributed by atoms with E-state index >= 15 is 0 Å². The van der Waals surface area contributed by atoms with Crippen LogP contribution in [0.4, 0.5) is 8.78 Å². The number of halogens is 2. The van der Waals surface area contributed by atoms with Crippen molar-refractivity contribution >= 4 is 5.96 Å². The summed E-state index contributed by atoms with van der Waals surface area (Å²) in [6.07, 6.45) is 1.08. The molecule has 1 N–H and O–H groups in total. The van der Waals surface area contributed by atoms with Crippen LogP contribution in [0.2, 0.25) is 0 Å². The fraction of sp³-hybridized carbons (Fsp3) is 0.562. The monoisotopic (exact) mass is 313 g/mol. The van der Waals surface area contributed by atoms with Crippen LogP contribution in [0.15, 0.2) is 29.3 Å². The molecule has 0 aliphatic carbocycles. The highest BCUT2D eigenvalue weighted by Gasteiger charge is 2.08. The summed E-state index contributed by atoms with van der Waals surface area (Å²) in [5.74, 6) is 1.62. The molecule has 0 aliphatic heterocycles. The van der Waals surface area contributed by atoms with E-state index in [9.17, 15) is 8.78 Å². The van der Waals surface area contributed by atoms with Crippen molar-refractivity contribution in [2.45, 2.75) is 33.4 Å². The van der Waals surface area contributed by atoms with Crippen LogP contribution in [-0.4, -0.2) is 38.1 Å². The molecule has 0 radical (unpaired) electrons. The van der Waals surface area contributed by atoms with Crippen molar-refractivity contribution in [2.24, 2.45) is 10.9 Å². The number of aliphatic imine (C=N–C) groups is 1. The van der Waals surface area contributed by atoms with Crippen molar-refractivity contribution in [3.05, 3.63) is 29.8 Å². The molecule has 0 spiro atoms. The third kappa shape index (κ3) is 6.74. The van der Waals surface area contributed by atoms with Crippen molar-refractivity contribution in [3.8, 4) is 5.75 Å². The SMILES string of the molecule is CN=C(NCCC(C)C)N(C)Cc1ccc(OC(F)F)cc1. The third-order valence-corrected chi connectivity index (χ3v) is 3.15. The van der Waals surface area contributed by atoms with Gasteiger partial charge in [0.1, 0.15) is 5.75 Å². The first-order chi connectivity index (χ1) is 10.4. The molecule has 1 aromatic rings. The van der Waals surface area contributed by atoms with E-state index in [1.54, 1.807) is 31.3 Å². The first-order valence-electron chi connectivity index (χ1n) is 7.38. The molecule has 0 saturated carbocycles. The molecular weight excluding hydrogens is 288 g/mol. The number of benzene rings is 1. The number of ether oxygens (including phenoxy) is 1. The molecule has 124 valence electrons. The van der Waals surface area contributed by atoms with Gasteiger partial charge >= 0.3 is 6.61 Å². The van der Waals surface area contributed by atoms with Crippen LogP contribution in [-0.2, 0) is 6.54 Å². The Bertz CT molecular complexity index is 461. The van der Waals surface area contributed by atoms with Gasteiger partial charge in [-0.25, -0.2) is 0 Å². The maximum Gasteiger partial charge on any atom is 0.387 e. The zero-order chi connectivity index (χ0) is 16.5. The Hall–Kier alpha value is -1.85. The highest BCUT2D eigenvalue weighted by Crippen LogP contribution is 2.15. The lowest BCUT2D eigenvalue weighted by Crippen LogP contribution is -2.39. The van der Waals surface area contributed by atoms with E-state index in [4.69, 9.17) is 0 Å². The summed E-state index contributed by atoms with van der Waals surface area (Å²) in [7, 11) is 3.68. The summed E-state index contributed by atoms with van der Waals surface area (Å²) in [5.41, 5.74) is 0.996. The van der Waals surface area contributed by atoms with Crippen LogP contribution in [0.1, 0.15) is 25.8 Å². The van der Waals surface area contributed by atoms with Gasteiger partial charge in [0.25, 0.3) is 0 Å². The standard InChI is InChI=1S/C16H25F2N3O/c1-12(2)9-10-20-16(19-3)21(4)11-13-5-7-14(8-6-13)22-15(17)18/h5-8,12,15H,9-11H2,1-4H3,(H,19,20). The summed E-state index contributed by atoms with van der Waals surface area (Å²) in [6.45, 7) is 3.07. The highest BCUT2D eigenvalue weighted by molar-refractivity contribution is 5.79. The Morgan fingerprint density at radius 3 is 2.41 bits per heavy atom. The lowest BCUT2D eigenvalue weighted by atomic mass is 10.1. The molecule has 0 aliphatic rings. The van der Waals surface area contributed by atoms with Crippen molar-refractivity contribution < 1.29 is 13.5 Å². The second kappa shape index (κ2) is 9.23. The summed E-state index contributed by atoms with van der Waals surface area (Å²) >= 11 is 0. The second-order valence-electron chi connectivity index (χ2n) is 5.54. The van der Waals surface area contributed by atoms with Gasteiger partial charge < -0.3 is 15.0 Å². The zero-order valence-electron chi connectivity index (χ0n) is 13.6. The fourth-order valence-corrected chi connectivity index (χ4v) is 1.98. The van der Waals surface area contributed by atoms with Gasteiger partial charge in [-0.2, -0.15) is 8.78 Å². The van der Waals surface area contributed by atoms with Gasteiger partial charge in [0.05, 0.1) is 0 Å². The molecule has 0 saturated heterocycles. The van der Waals surface area contributed by atoms with Crippen LogP contribution < -0.4 is 10.1 Å². The first kappa shape index (κ1) is 18.2. The van der Waals surface area contributed by atoms with Gasteiger partial charge in [0, 0.05) is 27.2 Å². The summed E-state index contributed by atoms with van der Waals surface area (Å²) in [5, 5.41) is 3.31. The van der Waals surface area contributed by atoms with Crippen LogP contribution in [0.5, 0.6) is 5.75 Å². The molecule has 4 nitrogen and oxygen atoms in total. The minimum absolute atomic E-state index is 0.167. The van der Waals surface area contributed by atoms with E-state index < -0.39 is 6.61 Å². The molecule has 0 amide bonds. The van der Waals surface area contributed by atoms with Crippen molar-refractivity contribution in [2.75, 3.05) is 20.6 Å². The number of hydrogen-bond acceptors (Lipinski definition) is 2. The molecule has 0 heterocycles. The number of nitrogens with one attached hydrogen (secondary N) is 1. The molecule has 6 heteroatoms. The molecule has 1 rings (SSSR count). The maximum atomic E-state index is 12.1. The van der Waals surface area contributed by atoms with Crippen LogP contribution >= 0.6 is 0 Å². The van der Waals surface area contributed by atoms with E-state index in [0.29, 0.717) is 12.5 Å². The summed E-state index contributed by atoms with van der Waals surface area (Å²) in [4.78, 5) is 6.23. The van der Waals surface area contributed by atoms with Gasteiger partial charge in [0.15, 0.2) is 5.96 Å². The average Bonchev–Trinajstić information content (AvgIpc) is 2.44. The molecule has 22 heavy (non-hydrogen) atoms. The topological polar surface area (TPSA) is 36.9 Å². The lowest BCUT2D eigenvalue weighted by molar-refractivity contribution is -0.0498. The van der Waals surface area contributed by atoms with Gasteiger partial charge in [-0.05, 0) is 30.0 Å². The predicted octanol–water partition coefficient (Wildman–Crippen LogP) is 3.34. The Morgan fingerprint density at radius 1 is 1.27 bits per heavy atom. The molecule has 0 bridgehead atoms. The van der Waals surface area contributed by atoms with E-state index in [1.807, 2.05) is 11.9 Å². The smallest absolute Gasteiger partial charge is 0.387 e. The summed E-state index contributed by atoms with van der Waals surface area (Å²) in [6, 6.07) is 6.64. The number of hydrogen-bond donors (Lipinski definition) is 1. The average molecular weight is 313 g/mol. The van der Waals surface area contributed by atoms with Crippen LogP contribution in [0.25, 0.3) is 0 Å². The largest absolute Gasteiger partial charge is 0.435 e.